The summed E-state index contributed by atoms with van der Waals surface area (Å²) in [5.41, 5.74) is 4.72. The Bertz CT molecular complexity index is 2240. The molecule has 7 rings (SSSR count). The van der Waals surface area contributed by atoms with Gasteiger partial charge in [-0.3, -0.25) is 19.3 Å². The lowest BCUT2D eigenvalue weighted by molar-refractivity contribution is -0.138. The van der Waals surface area contributed by atoms with E-state index in [1.165, 1.54) is 12.1 Å². The van der Waals surface area contributed by atoms with Crippen molar-refractivity contribution in [3.63, 3.8) is 0 Å². The maximum absolute atomic E-state index is 14.7. The Balaban J connectivity index is 1.41. The van der Waals surface area contributed by atoms with E-state index in [0.717, 1.165) is 40.2 Å². The molecule has 0 aliphatic carbocycles. The first-order valence-electron chi connectivity index (χ1n) is 15.9. The molecule has 48 heavy (non-hydrogen) atoms. The number of aromatic amines is 1. The highest BCUT2D eigenvalue weighted by Gasteiger charge is 2.37. The summed E-state index contributed by atoms with van der Waals surface area (Å²) in [4.78, 5) is 30.3. The molecule has 1 aliphatic rings. The molecule has 0 bridgehead atoms. The molecule has 0 saturated heterocycles. The lowest BCUT2D eigenvalue weighted by Crippen LogP contribution is -2.47. The Hall–Kier alpha value is -4.71. The zero-order chi connectivity index (χ0) is 33.7. The maximum atomic E-state index is 14.7. The van der Waals surface area contributed by atoms with Gasteiger partial charge in [0.05, 0.1) is 40.9 Å². The highest BCUT2D eigenvalue weighted by molar-refractivity contribution is 9.10. The zero-order valence-corrected chi connectivity index (χ0v) is 27.9. The molecule has 246 valence electrons. The first-order chi connectivity index (χ1) is 23.1. The maximum Gasteiger partial charge on any atom is 0.417 e. The largest absolute Gasteiger partial charge is 0.417 e. The molecule has 4 heterocycles. The topological polar surface area (TPSA) is 88.3 Å². The van der Waals surface area contributed by atoms with Crippen molar-refractivity contribution in [1.82, 2.24) is 29.3 Å². The van der Waals surface area contributed by atoms with E-state index in [2.05, 4.69) is 26.1 Å². The van der Waals surface area contributed by atoms with Gasteiger partial charge in [-0.1, -0.05) is 66.5 Å². The second-order valence-corrected chi connectivity index (χ2v) is 13.0. The average molecular weight is 718 g/mol. The highest BCUT2D eigenvalue weighted by Crippen LogP contribution is 2.36. The van der Waals surface area contributed by atoms with E-state index >= 15 is 0 Å². The van der Waals surface area contributed by atoms with Crippen LogP contribution in [-0.2, 0) is 32.0 Å². The molecule has 1 N–H and O–H groups in total. The summed E-state index contributed by atoms with van der Waals surface area (Å²) < 4.78 is 44.6. The van der Waals surface area contributed by atoms with E-state index in [1.807, 2.05) is 62.4 Å². The van der Waals surface area contributed by atoms with Crippen LogP contribution >= 0.6 is 15.9 Å². The number of fused-ring (bicyclic) bond motifs is 4. The van der Waals surface area contributed by atoms with Crippen LogP contribution in [0.1, 0.15) is 70.7 Å². The van der Waals surface area contributed by atoms with Crippen LogP contribution in [0.3, 0.4) is 0 Å². The fraction of sp³-hybridized carbons (Fsp3) is 0.278. The molecule has 1 atom stereocenters. The average Bonchev–Trinajstić information content (AvgIpc) is 3.68. The number of nitrogens with one attached hydrogen (secondary N) is 1. The molecule has 0 unspecified atom stereocenters. The van der Waals surface area contributed by atoms with Gasteiger partial charge in [-0.2, -0.15) is 23.4 Å². The van der Waals surface area contributed by atoms with Gasteiger partial charge in [0.1, 0.15) is 5.65 Å². The smallest absolute Gasteiger partial charge is 0.329 e. The SMILES string of the molecule is CCC[C@@H]1Cc2c(n3ncc(Cc4ccccc4)c3n(-c3ccc4c(CC)n[nH]c4c3)c2=O)CN1C(=O)c1ccc(Br)c(C(F)(F)F)c1. The standard InChI is InChI=1S/C36H32BrF3N6O2/c1-3-8-24-17-27-32(20-44(24)34(47)22-11-14-29(37)28(16-22)36(38,39)40)46-33(23(19-41-46)15-21-9-6-5-7-10-21)45(35(27)48)25-12-13-26-30(4-2)42-43-31(26)18-25/h5-7,9-14,16,18-19,24H,3-4,8,15,17,20H2,1-2H3,(H,42,43)/t24-/m1/s1. The molecule has 0 radical (unpaired) electrons. The lowest BCUT2D eigenvalue weighted by atomic mass is 9.94. The van der Waals surface area contributed by atoms with Crippen molar-refractivity contribution in [2.24, 2.45) is 0 Å². The minimum absolute atomic E-state index is 0.0225. The van der Waals surface area contributed by atoms with Crippen LogP contribution in [0.2, 0.25) is 0 Å². The third-order valence-corrected chi connectivity index (χ3v) is 9.84. The summed E-state index contributed by atoms with van der Waals surface area (Å²) in [5.74, 6) is -0.525. The van der Waals surface area contributed by atoms with Crippen LogP contribution in [-0.4, -0.2) is 41.2 Å². The molecule has 0 spiro atoms. The van der Waals surface area contributed by atoms with Crippen molar-refractivity contribution in [3.05, 3.63) is 127 Å². The number of amides is 1. The number of aryl methyl sites for hydroxylation is 1. The monoisotopic (exact) mass is 716 g/mol. The number of benzene rings is 3. The van der Waals surface area contributed by atoms with Crippen molar-refractivity contribution < 1.29 is 18.0 Å². The zero-order valence-electron chi connectivity index (χ0n) is 26.3. The fourth-order valence-corrected chi connectivity index (χ4v) is 7.29. The number of nitrogens with zero attached hydrogens (tertiary/aromatic N) is 5. The Morgan fingerprint density at radius 2 is 1.85 bits per heavy atom. The summed E-state index contributed by atoms with van der Waals surface area (Å²) >= 11 is 2.98. The van der Waals surface area contributed by atoms with Crippen molar-refractivity contribution in [3.8, 4) is 5.69 Å². The van der Waals surface area contributed by atoms with Gasteiger partial charge in [-0.15, -0.1) is 0 Å². The summed E-state index contributed by atoms with van der Waals surface area (Å²) in [5, 5.41) is 13.3. The molecule has 0 fully saturated rings. The molecular weight excluding hydrogens is 685 g/mol. The molecule has 3 aromatic carbocycles. The second-order valence-electron chi connectivity index (χ2n) is 12.2. The van der Waals surface area contributed by atoms with Crippen molar-refractivity contribution >= 4 is 38.4 Å². The van der Waals surface area contributed by atoms with Gasteiger partial charge in [0.15, 0.2) is 0 Å². The van der Waals surface area contributed by atoms with Gasteiger partial charge < -0.3 is 4.90 Å². The summed E-state index contributed by atoms with van der Waals surface area (Å²) in [6, 6.07) is 18.8. The first kappa shape index (κ1) is 31.9. The molecule has 0 saturated carbocycles. The van der Waals surface area contributed by atoms with E-state index in [4.69, 9.17) is 5.10 Å². The van der Waals surface area contributed by atoms with Gasteiger partial charge >= 0.3 is 6.18 Å². The number of alkyl halides is 3. The minimum atomic E-state index is -4.63. The molecule has 6 aromatic rings. The van der Waals surface area contributed by atoms with E-state index < -0.39 is 23.7 Å². The third kappa shape index (κ3) is 5.51. The predicted octanol–water partition coefficient (Wildman–Crippen LogP) is 7.66. The first-order valence-corrected chi connectivity index (χ1v) is 16.7. The molecule has 1 aliphatic heterocycles. The number of rotatable bonds is 7. The molecule has 8 nitrogen and oxygen atoms in total. The Morgan fingerprint density at radius 1 is 1.06 bits per heavy atom. The summed E-state index contributed by atoms with van der Waals surface area (Å²) in [6.07, 6.45) is -0.0842. The van der Waals surface area contributed by atoms with Crippen LogP contribution in [0, 0.1) is 0 Å². The van der Waals surface area contributed by atoms with E-state index in [9.17, 15) is 22.8 Å². The Labute approximate surface area is 282 Å². The van der Waals surface area contributed by atoms with Gasteiger partial charge in [-0.25, -0.2) is 4.52 Å². The fourth-order valence-electron chi connectivity index (χ4n) is 6.82. The van der Waals surface area contributed by atoms with E-state index in [-0.39, 0.29) is 28.6 Å². The normalized spacial score (nSPS) is 15.0. The van der Waals surface area contributed by atoms with Crippen molar-refractivity contribution in [2.45, 2.75) is 64.7 Å². The van der Waals surface area contributed by atoms with Crippen LogP contribution in [0.5, 0.6) is 0 Å². The predicted molar refractivity (Wildman–Crippen MR) is 180 cm³/mol. The molecular formula is C36H32BrF3N6O2. The van der Waals surface area contributed by atoms with Gasteiger partial charge in [0, 0.05) is 45.4 Å². The van der Waals surface area contributed by atoms with Crippen LogP contribution < -0.4 is 5.56 Å². The minimum Gasteiger partial charge on any atom is -0.329 e. The summed E-state index contributed by atoms with van der Waals surface area (Å²) in [6.45, 7) is 4.04. The van der Waals surface area contributed by atoms with Crippen molar-refractivity contribution in [1.29, 1.82) is 0 Å². The molecule has 3 aromatic heterocycles. The number of hydrogen-bond donors (Lipinski definition) is 1. The van der Waals surface area contributed by atoms with Crippen molar-refractivity contribution in [2.75, 3.05) is 0 Å². The lowest BCUT2D eigenvalue weighted by Gasteiger charge is -2.37. The van der Waals surface area contributed by atoms with Crippen LogP contribution in [0.25, 0.3) is 22.2 Å². The van der Waals surface area contributed by atoms with E-state index in [0.29, 0.717) is 41.9 Å². The Kier molecular flexibility index (Phi) is 8.22. The second kappa shape index (κ2) is 12.4. The highest BCUT2D eigenvalue weighted by atomic mass is 79.9. The third-order valence-electron chi connectivity index (χ3n) is 9.15. The van der Waals surface area contributed by atoms with Crippen LogP contribution in [0.4, 0.5) is 13.2 Å². The molecule has 12 heteroatoms. The summed E-state index contributed by atoms with van der Waals surface area (Å²) in [7, 11) is 0. The number of H-pyrrole nitrogens is 1. The van der Waals surface area contributed by atoms with Gasteiger partial charge in [-0.05, 0) is 54.8 Å². The quantitative estimate of drug-likeness (QED) is 0.184. The van der Waals surface area contributed by atoms with Crippen LogP contribution in [0.15, 0.2) is 82.2 Å². The number of carbonyl (C=O) groups excluding carboxylic acids is 1. The number of hydrogen-bond acceptors (Lipinski definition) is 4. The number of halogens is 4. The van der Waals surface area contributed by atoms with Gasteiger partial charge in [0.25, 0.3) is 11.5 Å². The Morgan fingerprint density at radius 3 is 2.58 bits per heavy atom. The van der Waals surface area contributed by atoms with Gasteiger partial charge in [0.2, 0.25) is 0 Å². The number of aromatic nitrogens is 5. The van der Waals surface area contributed by atoms with E-state index in [1.54, 1.807) is 20.2 Å². The number of carbonyl (C=O) groups is 1. The molecule has 1 amide bonds.